The maximum Gasteiger partial charge on any atom is 0.00670 e. The molecule has 0 saturated carbocycles. The molecule has 1 atom stereocenters. The Balaban J connectivity index is 3.43. The molecule has 0 radical (unpaired) electrons. The van der Waals surface area contributed by atoms with Crippen molar-refractivity contribution in [2.24, 2.45) is 0 Å². The molecule has 0 fully saturated rings. The van der Waals surface area contributed by atoms with Crippen LogP contribution in [0.15, 0.2) is 0 Å². The van der Waals surface area contributed by atoms with Gasteiger partial charge in [0.15, 0.2) is 0 Å². The Morgan fingerprint density at radius 3 is 1.78 bits per heavy atom. The van der Waals surface area contributed by atoms with Crippen LogP contribution in [0.2, 0.25) is 0 Å². The molecule has 0 bridgehead atoms. The minimum absolute atomic E-state index is 0.792. The Kier molecular flexibility index (Phi) is 15.0. The van der Waals surface area contributed by atoms with E-state index in [-0.39, 0.29) is 0 Å². The molecule has 0 aromatic heterocycles. The van der Waals surface area contributed by atoms with Crippen LogP contribution in [0.3, 0.4) is 0 Å². The number of hydrogen-bond donors (Lipinski definition) is 1. The Labute approximate surface area is 116 Å². The van der Waals surface area contributed by atoms with Gasteiger partial charge in [-0.05, 0) is 25.8 Å². The smallest absolute Gasteiger partial charge is 0.00670 e. The summed E-state index contributed by atoms with van der Waals surface area (Å²) in [6.45, 7) is 8.05. The maximum atomic E-state index is 3.72. The second-order valence-electron chi connectivity index (χ2n) is 5.70. The molecule has 1 N–H and O–H groups in total. The molecule has 0 rings (SSSR count). The molecule has 0 amide bonds. The van der Waals surface area contributed by atoms with E-state index in [2.05, 4.69) is 26.1 Å². The SMILES string of the molecule is CCCCCCCCCC(CCCC)NCCC. The minimum Gasteiger partial charge on any atom is -0.314 e. The first-order valence-electron chi connectivity index (χ1n) is 8.58. The average Bonchev–Trinajstić information content (AvgIpc) is 2.40. The summed E-state index contributed by atoms with van der Waals surface area (Å²) < 4.78 is 0. The third-order valence-corrected chi connectivity index (χ3v) is 3.75. The van der Waals surface area contributed by atoms with E-state index in [1.807, 2.05) is 0 Å². The van der Waals surface area contributed by atoms with Crippen LogP contribution in [-0.4, -0.2) is 12.6 Å². The molecule has 0 aromatic rings. The van der Waals surface area contributed by atoms with Gasteiger partial charge in [0.05, 0.1) is 0 Å². The van der Waals surface area contributed by atoms with E-state index in [0.717, 1.165) is 6.04 Å². The van der Waals surface area contributed by atoms with E-state index in [1.165, 1.54) is 83.6 Å². The first-order valence-corrected chi connectivity index (χ1v) is 8.58. The van der Waals surface area contributed by atoms with Crippen molar-refractivity contribution in [1.82, 2.24) is 5.32 Å². The highest BCUT2D eigenvalue weighted by molar-refractivity contribution is 4.66. The van der Waals surface area contributed by atoms with Crippen LogP contribution in [0.5, 0.6) is 0 Å². The molecule has 110 valence electrons. The lowest BCUT2D eigenvalue weighted by molar-refractivity contribution is 0.419. The lowest BCUT2D eigenvalue weighted by atomic mass is 10.0. The highest BCUT2D eigenvalue weighted by Crippen LogP contribution is 2.12. The zero-order valence-electron chi connectivity index (χ0n) is 13.3. The standard InChI is InChI=1S/C17H37N/c1-4-7-9-10-11-12-13-15-17(14-8-5-2)18-16-6-3/h17-18H,4-16H2,1-3H3. The number of nitrogens with one attached hydrogen (secondary N) is 1. The number of hydrogen-bond acceptors (Lipinski definition) is 1. The van der Waals surface area contributed by atoms with E-state index in [1.54, 1.807) is 0 Å². The summed E-state index contributed by atoms with van der Waals surface area (Å²) in [4.78, 5) is 0. The number of rotatable bonds is 14. The zero-order chi connectivity index (χ0) is 13.5. The Morgan fingerprint density at radius 2 is 1.17 bits per heavy atom. The van der Waals surface area contributed by atoms with Crippen molar-refractivity contribution < 1.29 is 0 Å². The highest BCUT2D eigenvalue weighted by atomic mass is 14.9. The second-order valence-corrected chi connectivity index (χ2v) is 5.70. The van der Waals surface area contributed by atoms with Crippen molar-refractivity contribution in [3.05, 3.63) is 0 Å². The molecule has 0 spiro atoms. The Morgan fingerprint density at radius 1 is 0.611 bits per heavy atom. The third kappa shape index (κ3) is 12.4. The molecule has 1 heteroatoms. The fourth-order valence-corrected chi connectivity index (χ4v) is 2.50. The largest absolute Gasteiger partial charge is 0.314 e. The number of unbranched alkanes of at least 4 members (excludes halogenated alkanes) is 7. The normalized spacial score (nSPS) is 12.8. The lowest BCUT2D eigenvalue weighted by Gasteiger charge is -2.18. The predicted molar refractivity (Wildman–Crippen MR) is 84.2 cm³/mol. The summed E-state index contributed by atoms with van der Waals surface area (Å²) >= 11 is 0. The third-order valence-electron chi connectivity index (χ3n) is 3.75. The van der Waals surface area contributed by atoms with Crippen molar-refractivity contribution in [1.29, 1.82) is 0 Å². The van der Waals surface area contributed by atoms with E-state index in [9.17, 15) is 0 Å². The van der Waals surface area contributed by atoms with Gasteiger partial charge < -0.3 is 5.32 Å². The summed E-state index contributed by atoms with van der Waals surface area (Å²) in [5, 5.41) is 3.72. The van der Waals surface area contributed by atoms with Crippen LogP contribution in [0, 0.1) is 0 Å². The lowest BCUT2D eigenvalue weighted by Crippen LogP contribution is -2.29. The van der Waals surface area contributed by atoms with Crippen LogP contribution in [-0.2, 0) is 0 Å². The van der Waals surface area contributed by atoms with Gasteiger partial charge in [-0.25, -0.2) is 0 Å². The van der Waals surface area contributed by atoms with Crippen molar-refractivity contribution >= 4 is 0 Å². The molecule has 0 aliphatic rings. The first-order chi connectivity index (χ1) is 8.85. The topological polar surface area (TPSA) is 12.0 Å². The molecule has 0 aromatic carbocycles. The van der Waals surface area contributed by atoms with Gasteiger partial charge in [-0.1, -0.05) is 78.6 Å². The van der Waals surface area contributed by atoms with E-state index in [0.29, 0.717) is 0 Å². The molecule has 1 unspecified atom stereocenters. The van der Waals surface area contributed by atoms with Gasteiger partial charge in [-0.3, -0.25) is 0 Å². The zero-order valence-corrected chi connectivity index (χ0v) is 13.3. The van der Waals surface area contributed by atoms with Crippen molar-refractivity contribution in [2.45, 2.75) is 104 Å². The molecule has 0 aliphatic heterocycles. The van der Waals surface area contributed by atoms with Crippen LogP contribution >= 0.6 is 0 Å². The van der Waals surface area contributed by atoms with Crippen molar-refractivity contribution in [3.63, 3.8) is 0 Å². The van der Waals surface area contributed by atoms with Gasteiger partial charge in [-0.2, -0.15) is 0 Å². The van der Waals surface area contributed by atoms with Crippen LogP contribution in [0.25, 0.3) is 0 Å². The van der Waals surface area contributed by atoms with Crippen molar-refractivity contribution in [2.75, 3.05) is 6.54 Å². The average molecular weight is 255 g/mol. The molecule has 1 nitrogen and oxygen atoms in total. The minimum atomic E-state index is 0.792. The maximum absolute atomic E-state index is 3.72. The summed E-state index contributed by atoms with van der Waals surface area (Å²) in [5.74, 6) is 0. The fourth-order valence-electron chi connectivity index (χ4n) is 2.50. The summed E-state index contributed by atoms with van der Waals surface area (Å²) in [7, 11) is 0. The summed E-state index contributed by atoms with van der Waals surface area (Å²) in [5.41, 5.74) is 0. The Hall–Kier alpha value is -0.0400. The van der Waals surface area contributed by atoms with Gasteiger partial charge in [0.25, 0.3) is 0 Å². The van der Waals surface area contributed by atoms with E-state index >= 15 is 0 Å². The van der Waals surface area contributed by atoms with Gasteiger partial charge in [0, 0.05) is 6.04 Å². The van der Waals surface area contributed by atoms with Crippen LogP contribution < -0.4 is 5.32 Å². The molecular weight excluding hydrogens is 218 g/mol. The molecular formula is C17H37N. The van der Waals surface area contributed by atoms with Gasteiger partial charge in [0.1, 0.15) is 0 Å². The monoisotopic (exact) mass is 255 g/mol. The molecule has 0 aliphatic carbocycles. The predicted octanol–water partition coefficient (Wildman–Crippen LogP) is 5.69. The van der Waals surface area contributed by atoms with Crippen LogP contribution in [0.1, 0.15) is 97.8 Å². The molecule has 0 heterocycles. The van der Waals surface area contributed by atoms with Gasteiger partial charge >= 0.3 is 0 Å². The quantitative estimate of drug-likeness (QED) is 0.393. The van der Waals surface area contributed by atoms with E-state index in [4.69, 9.17) is 0 Å². The van der Waals surface area contributed by atoms with Gasteiger partial charge in [0.2, 0.25) is 0 Å². The Bertz CT molecular complexity index is 137. The van der Waals surface area contributed by atoms with Gasteiger partial charge in [-0.15, -0.1) is 0 Å². The highest BCUT2D eigenvalue weighted by Gasteiger charge is 2.06. The molecule has 18 heavy (non-hydrogen) atoms. The summed E-state index contributed by atoms with van der Waals surface area (Å²) in [6, 6.07) is 0.792. The fraction of sp³-hybridized carbons (Fsp3) is 1.00. The van der Waals surface area contributed by atoms with Crippen molar-refractivity contribution in [3.8, 4) is 0 Å². The molecule has 0 saturated heterocycles. The van der Waals surface area contributed by atoms with Crippen LogP contribution in [0.4, 0.5) is 0 Å². The summed E-state index contributed by atoms with van der Waals surface area (Å²) in [6.07, 6.45) is 16.8. The first kappa shape index (κ1) is 18.0. The van der Waals surface area contributed by atoms with E-state index < -0.39 is 0 Å². The second kappa shape index (κ2) is 15.0.